The lowest BCUT2D eigenvalue weighted by Crippen LogP contribution is -2.38. The molecule has 1 heterocycles. The van der Waals surface area contributed by atoms with Crippen molar-refractivity contribution in [2.45, 2.75) is 30.6 Å². The third-order valence-corrected chi connectivity index (χ3v) is 5.66. The number of amides is 1. The fourth-order valence-electron chi connectivity index (χ4n) is 3.03. The minimum atomic E-state index is 0.106. The highest BCUT2D eigenvalue weighted by Gasteiger charge is 2.27. The van der Waals surface area contributed by atoms with Crippen molar-refractivity contribution in [3.63, 3.8) is 0 Å². The van der Waals surface area contributed by atoms with Crippen LogP contribution < -0.4 is 4.90 Å². The predicted molar refractivity (Wildman–Crippen MR) is 101 cm³/mol. The quantitative estimate of drug-likeness (QED) is 0.803. The fraction of sp³-hybridized carbons (Fsp3) is 0.350. The van der Waals surface area contributed by atoms with Crippen molar-refractivity contribution in [3.05, 3.63) is 53.6 Å². The monoisotopic (exact) mass is 340 g/mol. The number of hydrogen-bond donors (Lipinski definition) is 0. The molecule has 0 bridgehead atoms. The average molecular weight is 340 g/mol. The molecule has 1 aliphatic heterocycles. The molecule has 3 rings (SSSR count). The van der Waals surface area contributed by atoms with Crippen LogP contribution in [0.2, 0.25) is 0 Å². The number of anilines is 1. The second-order valence-corrected chi connectivity index (χ2v) is 7.14. The molecule has 2 aromatic rings. The van der Waals surface area contributed by atoms with Crippen molar-refractivity contribution in [3.8, 4) is 0 Å². The maximum absolute atomic E-state index is 13.2. The first-order valence-electron chi connectivity index (χ1n) is 8.55. The van der Waals surface area contributed by atoms with Gasteiger partial charge in [-0.15, -0.1) is 0 Å². The summed E-state index contributed by atoms with van der Waals surface area (Å²) in [6, 6.07) is 14.3. The van der Waals surface area contributed by atoms with Crippen LogP contribution in [0, 0.1) is 6.92 Å². The summed E-state index contributed by atoms with van der Waals surface area (Å²) in [5, 5.41) is 0. The molecule has 0 aromatic heterocycles. The van der Waals surface area contributed by atoms with Crippen molar-refractivity contribution < 1.29 is 4.79 Å². The Morgan fingerprint density at radius 1 is 1.04 bits per heavy atom. The number of hydrogen-bond acceptors (Lipinski definition) is 3. The topological polar surface area (TPSA) is 23.6 Å². The summed E-state index contributed by atoms with van der Waals surface area (Å²) >= 11 is 1.69. The highest BCUT2D eigenvalue weighted by molar-refractivity contribution is 7.99. The fourth-order valence-corrected chi connectivity index (χ4v) is 4.09. The third kappa shape index (κ3) is 3.35. The summed E-state index contributed by atoms with van der Waals surface area (Å²) in [7, 11) is 0. The third-order valence-electron chi connectivity index (χ3n) is 4.52. The highest BCUT2D eigenvalue weighted by Crippen LogP contribution is 2.41. The Bertz CT molecular complexity index is 740. The Morgan fingerprint density at radius 3 is 2.54 bits per heavy atom. The van der Waals surface area contributed by atoms with Crippen molar-refractivity contribution in [1.29, 1.82) is 0 Å². The predicted octanol–water partition coefficient (Wildman–Crippen LogP) is 4.45. The van der Waals surface area contributed by atoms with Gasteiger partial charge < -0.3 is 9.80 Å². The van der Waals surface area contributed by atoms with Gasteiger partial charge in [-0.25, -0.2) is 0 Å². The van der Waals surface area contributed by atoms with E-state index < -0.39 is 0 Å². The summed E-state index contributed by atoms with van der Waals surface area (Å²) in [4.78, 5) is 19.7. The zero-order valence-corrected chi connectivity index (χ0v) is 15.4. The molecule has 0 aliphatic carbocycles. The van der Waals surface area contributed by atoms with Gasteiger partial charge in [-0.3, -0.25) is 4.79 Å². The maximum atomic E-state index is 13.2. The van der Waals surface area contributed by atoms with E-state index in [4.69, 9.17) is 0 Å². The Hall–Kier alpha value is -1.78. The molecule has 1 amide bonds. The van der Waals surface area contributed by atoms with Gasteiger partial charge in [0.05, 0.1) is 11.3 Å². The number of benzene rings is 2. The smallest absolute Gasteiger partial charge is 0.259 e. The Kier molecular flexibility index (Phi) is 5.27. The van der Waals surface area contributed by atoms with E-state index in [0.717, 1.165) is 40.7 Å². The molecule has 0 spiro atoms. The molecule has 4 heteroatoms. The van der Waals surface area contributed by atoms with E-state index in [-0.39, 0.29) is 5.91 Å². The van der Waals surface area contributed by atoms with Crippen LogP contribution in [0.25, 0.3) is 0 Å². The molecule has 0 atom stereocenters. The molecule has 0 saturated carbocycles. The van der Waals surface area contributed by atoms with E-state index in [1.165, 1.54) is 5.56 Å². The van der Waals surface area contributed by atoms with Crippen LogP contribution in [0.1, 0.15) is 29.8 Å². The lowest BCUT2D eigenvalue weighted by atomic mass is 10.1. The van der Waals surface area contributed by atoms with Crippen LogP contribution in [0.5, 0.6) is 0 Å². The molecule has 24 heavy (non-hydrogen) atoms. The lowest BCUT2D eigenvalue weighted by molar-refractivity contribution is 0.0981. The van der Waals surface area contributed by atoms with Gasteiger partial charge in [0.25, 0.3) is 5.91 Å². The molecular formula is C20H24N2OS. The van der Waals surface area contributed by atoms with Gasteiger partial charge in [0, 0.05) is 22.9 Å². The first kappa shape index (κ1) is 17.1. The van der Waals surface area contributed by atoms with Gasteiger partial charge >= 0.3 is 0 Å². The summed E-state index contributed by atoms with van der Waals surface area (Å²) in [5.74, 6) is 0.106. The molecule has 0 radical (unpaired) electrons. The number of fused-ring (bicyclic) bond motifs is 2. The van der Waals surface area contributed by atoms with E-state index in [9.17, 15) is 4.79 Å². The largest absolute Gasteiger partial charge is 0.306 e. The lowest BCUT2D eigenvalue weighted by Gasteiger charge is -2.27. The molecule has 1 aliphatic rings. The van der Waals surface area contributed by atoms with Crippen molar-refractivity contribution in [2.24, 2.45) is 0 Å². The van der Waals surface area contributed by atoms with Crippen LogP contribution in [-0.2, 0) is 0 Å². The number of nitrogens with zero attached hydrogens (tertiary/aromatic N) is 2. The highest BCUT2D eigenvalue weighted by atomic mass is 32.2. The molecule has 0 N–H and O–H groups in total. The normalized spacial score (nSPS) is 13.7. The summed E-state index contributed by atoms with van der Waals surface area (Å²) in [6.07, 6.45) is 0. The molecule has 0 unspecified atom stereocenters. The zero-order chi connectivity index (χ0) is 17.1. The Labute approximate surface area is 148 Å². The second kappa shape index (κ2) is 7.41. The molecule has 3 nitrogen and oxygen atoms in total. The van der Waals surface area contributed by atoms with Gasteiger partial charge in [-0.05, 0) is 49.8 Å². The molecule has 0 saturated heterocycles. The number of carbonyl (C=O) groups excluding carboxylic acids is 1. The molecule has 126 valence electrons. The standard InChI is InChI=1S/C20H24N2OS/c1-4-21(5-2)12-13-22-17-14-15(3)10-11-19(17)24-18-9-7-6-8-16(18)20(22)23/h6-11,14H,4-5,12-13H2,1-3H3. The van der Waals surface area contributed by atoms with Gasteiger partial charge in [0.15, 0.2) is 0 Å². The van der Waals surface area contributed by atoms with Crippen LogP contribution in [0.4, 0.5) is 5.69 Å². The van der Waals surface area contributed by atoms with Crippen LogP contribution in [0.15, 0.2) is 52.3 Å². The first-order valence-corrected chi connectivity index (χ1v) is 9.37. The van der Waals surface area contributed by atoms with E-state index in [1.54, 1.807) is 11.8 Å². The summed E-state index contributed by atoms with van der Waals surface area (Å²) in [6.45, 7) is 10.0. The minimum Gasteiger partial charge on any atom is -0.306 e. The summed E-state index contributed by atoms with van der Waals surface area (Å²) < 4.78 is 0. The van der Waals surface area contributed by atoms with Crippen LogP contribution >= 0.6 is 11.8 Å². The molecular weight excluding hydrogens is 316 g/mol. The number of likely N-dealkylation sites (N-methyl/N-ethyl adjacent to an activating group) is 1. The van der Waals surface area contributed by atoms with Crippen molar-refractivity contribution in [2.75, 3.05) is 31.1 Å². The average Bonchev–Trinajstić information content (AvgIpc) is 2.71. The van der Waals surface area contributed by atoms with Crippen molar-refractivity contribution in [1.82, 2.24) is 4.90 Å². The van der Waals surface area contributed by atoms with E-state index in [2.05, 4.69) is 43.9 Å². The Balaban J connectivity index is 2.01. The number of rotatable bonds is 5. The second-order valence-electron chi connectivity index (χ2n) is 6.05. The molecule has 2 aromatic carbocycles. The van der Waals surface area contributed by atoms with Gasteiger partial charge in [0.2, 0.25) is 0 Å². The van der Waals surface area contributed by atoms with Gasteiger partial charge in [0.1, 0.15) is 0 Å². The SMILES string of the molecule is CCN(CC)CCN1C(=O)c2ccccc2Sc2ccc(C)cc21. The van der Waals surface area contributed by atoms with E-state index >= 15 is 0 Å². The zero-order valence-electron chi connectivity index (χ0n) is 14.6. The first-order chi connectivity index (χ1) is 11.6. The van der Waals surface area contributed by atoms with Crippen LogP contribution in [0.3, 0.4) is 0 Å². The van der Waals surface area contributed by atoms with Crippen molar-refractivity contribution >= 4 is 23.4 Å². The Morgan fingerprint density at radius 2 is 1.79 bits per heavy atom. The maximum Gasteiger partial charge on any atom is 0.259 e. The van der Waals surface area contributed by atoms with E-state index in [0.29, 0.717) is 6.54 Å². The van der Waals surface area contributed by atoms with Crippen LogP contribution in [-0.4, -0.2) is 37.0 Å². The minimum absolute atomic E-state index is 0.106. The van der Waals surface area contributed by atoms with Gasteiger partial charge in [-0.2, -0.15) is 0 Å². The number of carbonyl (C=O) groups is 1. The summed E-state index contributed by atoms with van der Waals surface area (Å²) in [5.41, 5.74) is 3.02. The number of aryl methyl sites for hydroxylation is 1. The van der Waals surface area contributed by atoms with E-state index in [1.807, 2.05) is 29.2 Å². The molecule has 0 fully saturated rings. The van der Waals surface area contributed by atoms with Gasteiger partial charge in [-0.1, -0.05) is 43.8 Å².